The van der Waals surface area contributed by atoms with E-state index in [4.69, 9.17) is 19.3 Å². The molecule has 7 nitrogen and oxygen atoms in total. The first-order valence-electron chi connectivity index (χ1n) is 12.4. The van der Waals surface area contributed by atoms with Crippen molar-refractivity contribution in [2.24, 2.45) is 16.7 Å². The second kappa shape index (κ2) is 8.74. The molecule has 188 valence electrons. The summed E-state index contributed by atoms with van der Waals surface area (Å²) in [6, 6.07) is 5.99. The van der Waals surface area contributed by atoms with Gasteiger partial charge < -0.3 is 24.2 Å². The van der Waals surface area contributed by atoms with Crippen LogP contribution in [0.1, 0.15) is 78.4 Å². The van der Waals surface area contributed by atoms with Crippen LogP contribution in [0.25, 0.3) is 0 Å². The molecule has 2 fully saturated rings. The third-order valence-corrected chi connectivity index (χ3v) is 8.37. The molecule has 3 atom stereocenters. The average Bonchev–Trinajstić information content (AvgIpc) is 2.74. The third kappa shape index (κ3) is 4.51. The molecule has 1 amide bonds. The van der Waals surface area contributed by atoms with Gasteiger partial charge in [-0.2, -0.15) is 0 Å². The van der Waals surface area contributed by atoms with E-state index in [1.54, 1.807) is 7.11 Å². The second-order valence-corrected chi connectivity index (χ2v) is 11.7. The van der Waals surface area contributed by atoms with E-state index in [1.165, 1.54) is 0 Å². The molecule has 0 unspecified atom stereocenters. The van der Waals surface area contributed by atoms with E-state index in [9.17, 15) is 9.59 Å². The van der Waals surface area contributed by atoms with Crippen molar-refractivity contribution in [1.82, 2.24) is 4.90 Å². The monoisotopic (exact) mass is 473 g/mol. The van der Waals surface area contributed by atoms with Gasteiger partial charge in [-0.25, -0.2) is 0 Å². The number of para-hydroxylation sites is 1. The molecular weight excluding hydrogens is 434 g/mol. The molecule has 1 N–H and O–H groups in total. The average molecular weight is 474 g/mol. The highest BCUT2D eigenvalue weighted by molar-refractivity contribution is 5.78. The highest BCUT2D eigenvalue weighted by atomic mass is 16.5. The van der Waals surface area contributed by atoms with Crippen molar-refractivity contribution in [1.29, 1.82) is 0 Å². The van der Waals surface area contributed by atoms with Gasteiger partial charge in [0.15, 0.2) is 11.5 Å². The fourth-order valence-electron chi connectivity index (χ4n) is 6.24. The Hall–Kier alpha value is -2.28. The zero-order valence-electron chi connectivity index (χ0n) is 21.3. The van der Waals surface area contributed by atoms with Crippen LogP contribution in [-0.2, 0) is 14.3 Å². The van der Waals surface area contributed by atoms with Crippen molar-refractivity contribution in [2.75, 3.05) is 20.2 Å². The van der Waals surface area contributed by atoms with Gasteiger partial charge in [0.2, 0.25) is 5.91 Å². The molecule has 2 saturated heterocycles. The van der Waals surface area contributed by atoms with E-state index in [2.05, 4.69) is 26.8 Å². The van der Waals surface area contributed by atoms with E-state index in [0.717, 1.165) is 36.3 Å². The van der Waals surface area contributed by atoms with E-state index in [1.807, 2.05) is 30.9 Å². The molecule has 0 radical (unpaired) electrons. The molecule has 1 spiro atoms. The Morgan fingerprint density at radius 3 is 2.50 bits per heavy atom. The zero-order valence-corrected chi connectivity index (χ0v) is 21.3. The maximum Gasteiger partial charge on any atom is 0.303 e. The summed E-state index contributed by atoms with van der Waals surface area (Å²) in [4.78, 5) is 26.0. The lowest BCUT2D eigenvalue weighted by Crippen LogP contribution is -2.57. The molecule has 4 rings (SSSR count). The molecule has 3 aliphatic rings. The first-order chi connectivity index (χ1) is 15.9. The number of ether oxygens (including phenoxy) is 3. The van der Waals surface area contributed by atoms with Gasteiger partial charge in [0, 0.05) is 36.4 Å². The third-order valence-electron chi connectivity index (χ3n) is 8.37. The van der Waals surface area contributed by atoms with Crippen molar-refractivity contribution in [3.05, 3.63) is 23.8 Å². The summed E-state index contributed by atoms with van der Waals surface area (Å²) in [6.45, 7) is 11.5. The number of methoxy groups -OCH3 is 1. The molecule has 0 aromatic heterocycles. The van der Waals surface area contributed by atoms with Crippen LogP contribution < -0.4 is 9.47 Å². The second-order valence-electron chi connectivity index (χ2n) is 11.7. The normalized spacial score (nSPS) is 27.4. The molecule has 0 bridgehead atoms. The van der Waals surface area contributed by atoms with Crippen LogP contribution >= 0.6 is 0 Å². The summed E-state index contributed by atoms with van der Waals surface area (Å²) in [5.41, 5.74) is 0.0853. The van der Waals surface area contributed by atoms with Gasteiger partial charge >= 0.3 is 5.97 Å². The molecule has 7 heteroatoms. The first kappa shape index (κ1) is 24.8. The molecule has 1 aromatic carbocycles. The molecule has 34 heavy (non-hydrogen) atoms. The van der Waals surface area contributed by atoms with Crippen molar-refractivity contribution >= 4 is 11.9 Å². The first-order valence-corrected chi connectivity index (χ1v) is 12.4. The Morgan fingerprint density at radius 2 is 1.88 bits per heavy atom. The molecular formula is C27H39NO6. The minimum absolute atomic E-state index is 0.00813. The highest BCUT2D eigenvalue weighted by Crippen LogP contribution is 2.59. The van der Waals surface area contributed by atoms with Crippen LogP contribution in [0.3, 0.4) is 0 Å². The smallest absolute Gasteiger partial charge is 0.303 e. The predicted octanol–water partition coefficient (Wildman–Crippen LogP) is 4.83. The maximum absolute atomic E-state index is 12.9. The number of benzene rings is 1. The summed E-state index contributed by atoms with van der Waals surface area (Å²) in [7, 11) is 1.66. The van der Waals surface area contributed by atoms with Gasteiger partial charge in [-0.1, -0.05) is 26.0 Å². The van der Waals surface area contributed by atoms with Crippen molar-refractivity contribution in [3.8, 4) is 11.5 Å². The minimum Gasteiger partial charge on any atom is -0.493 e. The number of nitrogens with zero attached hydrogens (tertiary/aromatic N) is 1. The standard InChI is InChI=1S/C27H39NO6/c1-17-27(10-12-28(13-11-27)21(29)15-25(2,3)16-22(30)31)14-19-23(33-17)18-8-7-9-20(32-6)24(18)34-26(19,4)5/h7-9,17,19,23H,10-16H2,1-6H3,(H,30,31)/t17-,19-,23+/m0/s1. The van der Waals surface area contributed by atoms with Crippen LogP contribution in [0.4, 0.5) is 0 Å². The SMILES string of the molecule is COc1cccc2c1OC(C)(C)[C@H]1CC3(CCN(C(=O)CC(C)(C)CC(=O)O)CC3)[C@H](C)O[C@H]21. The number of fused-ring (bicyclic) bond motifs is 3. The number of carboxylic acids is 1. The van der Waals surface area contributed by atoms with Crippen molar-refractivity contribution in [3.63, 3.8) is 0 Å². The lowest BCUT2D eigenvalue weighted by molar-refractivity contribution is -0.210. The molecule has 3 heterocycles. The molecule has 0 saturated carbocycles. The minimum atomic E-state index is -0.866. The largest absolute Gasteiger partial charge is 0.493 e. The summed E-state index contributed by atoms with van der Waals surface area (Å²) >= 11 is 0. The number of amides is 1. The van der Waals surface area contributed by atoms with Crippen LogP contribution in [0.2, 0.25) is 0 Å². The van der Waals surface area contributed by atoms with Crippen molar-refractivity contribution in [2.45, 2.75) is 84.5 Å². The Morgan fingerprint density at radius 1 is 1.21 bits per heavy atom. The van der Waals surface area contributed by atoms with Gasteiger partial charge in [-0.05, 0) is 51.5 Å². The van der Waals surface area contributed by atoms with Gasteiger partial charge in [-0.3, -0.25) is 9.59 Å². The van der Waals surface area contributed by atoms with E-state index in [0.29, 0.717) is 13.1 Å². The summed E-state index contributed by atoms with van der Waals surface area (Å²) in [5, 5.41) is 9.14. The van der Waals surface area contributed by atoms with Crippen LogP contribution in [0.15, 0.2) is 18.2 Å². The van der Waals surface area contributed by atoms with Gasteiger partial charge in [0.1, 0.15) is 5.60 Å². The number of carbonyl (C=O) groups is 2. The number of carbonyl (C=O) groups excluding carboxylic acids is 1. The maximum atomic E-state index is 12.9. The van der Waals surface area contributed by atoms with Gasteiger partial charge in [0.05, 0.1) is 25.7 Å². The Bertz CT molecular complexity index is 946. The number of piperidine rings is 1. The fraction of sp³-hybridized carbons (Fsp3) is 0.704. The van der Waals surface area contributed by atoms with E-state index in [-0.39, 0.29) is 42.3 Å². The number of aliphatic carboxylic acids is 1. The van der Waals surface area contributed by atoms with Crippen molar-refractivity contribution < 1.29 is 28.9 Å². The quantitative estimate of drug-likeness (QED) is 0.659. The Kier molecular flexibility index (Phi) is 6.38. The predicted molar refractivity (Wildman–Crippen MR) is 128 cm³/mol. The number of hydrogen-bond acceptors (Lipinski definition) is 5. The van der Waals surface area contributed by atoms with E-state index < -0.39 is 17.0 Å². The van der Waals surface area contributed by atoms with E-state index >= 15 is 0 Å². The lowest BCUT2D eigenvalue weighted by atomic mass is 9.61. The summed E-state index contributed by atoms with van der Waals surface area (Å²) < 4.78 is 18.8. The number of hydrogen-bond donors (Lipinski definition) is 1. The van der Waals surface area contributed by atoms with Crippen LogP contribution in [0, 0.1) is 16.7 Å². The summed E-state index contributed by atoms with van der Waals surface area (Å²) in [5.74, 6) is 0.891. The topological polar surface area (TPSA) is 85.3 Å². The number of rotatable bonds is 5. The van der Waals surface area contributed by atoms with Gasteiger partial charge in [0.25, 0.3) is 0 Å². The Balaban J connectivity index is 1.48. The molecule has 0 aliphatic carbocycles. The fourth-order valence-corrected chi connectivity index (χ4v) is 6.24. The number of carboxylic acid groups (broad SMARTS) is 1. The highest BCUT2D eigenvalue weighted by Gasteiger charge is 2.56. The molecule has 3 aliphatic heterocycles. The van der Waals surface area contributed by atoms with Gasteiger partial charge in [-0.15, -0.1) is 0 Å². The number of likely N-dealkylation sites (tertiary alicyclic amines) is 1. The zero-order chi connectivity index (χ0) is 24.9. The summed E-state index contributed by atoms with van der Waals surface area (Å²) in [6.07, 6.45) is 2.99. The lowest BCUT2D eigenvalue weighted by Gasteiger charge is -2.57. The van der Waals surface area contributed by atoms with Crippen LogP contribution in [-0.4, -0.2) is 53.8 Å². The Labute approximate surface area is 202 Å². The molecule has 1 aromatic rings. The van der Waals surface area contributed by atoms with Crippen LogP contribution in [0.5, 0.6) is 11.5 Å².